The fourth-order valence-corrected chi connectivity index (χ4v) is 3.33. The third kappa shape index (κ3) is 4.81. The summed E-state index contributed by atoms with van der Waals surface area (Å²) in [6, 6.07) is 10.8. The molecule has 2 aromatic rings. The number of anilines is 1. The second-order valence-electron chi connectivity index (χ2n) is 6.61. The Morgan fingerprint density at radius 3 is 2.67 bits per heavy atom. The van der Waals surface area contributed by atoms with Crippen molar-refractivity contribution in [2.75, 3.05) is 25.5 Å². The first-order chi connectivity index (χ1) is 13.1. The van der Waals surface area contributed by atoms with Gasteiger partial charge in [-0.1, -0.05) is 6.07 Å². The molecule has 1 aromatic heterocycles. The van der Waals surface area contributed by atoms with E-state index in [0.29, 0.717) is 31.1 Å². The molecular formula is C20H25N3O4. The summed E-state index contributed by atoms with van der Waals surface area (Å²) in [4.78, 5) is 28.2. The van der Waals surface area contributed by atoms with E-state index in [-0.39, 0.29) is 18.0 Å². The summed E-state index contributed by atoms with van der Waals surface area (Å²) >= 11 is 0. The molecule has 1 aliphatic rings. The summed E-state index contributed by atoms with van der Waals surface area (Å²) in [6.45, 7) is 3.27. The number of nitrogens with zero attached hydrogens (tertiary/aromatic N) is 2. The number of furan rings is 1. The fourth-order valence-electron chi connectivity index (χ4n) is 3.33. The molecule has 0 aliphatic carbocycles. The van der Waals surface area contributed by atoms with Gasteiger partial charge in [-0.05, 0) is 37.1 Å². The molecule has 0 atom stereocenters. The van der Waals surface area contributed by atoms with Crippen LogP contribution in [0.3, 0.4) is 0 Å². The van der Waals surface area contributed by atoms with Gasteiger partial charge in [0, 0.05) is 37.8 Å². The molecule has 1 fully saturated rings. The summed E-state index contributed by atoms with van der Waals surface area (Å²) in [5.41, 5.74) is 0.671. The monoisotopic (exact) mass is 371 g/mol. The highest BCUT2D eigenvalue weighted by Crippen LogP contribution is 2.22. The number of likely N-dealkylation sites (tertiary alicyclic amines) is 1. The van der Waals surface area contributed by atoms with E-state index in [1.807, 2.05) is 35.2 Å². The molecule has 2 heterocycles. The van der Waals surface area contributed by atoms with Gasteiger partial charge in [0.1, 0.15) is 11.5 Å². The van der Waals surface area contributed by atoms with Crippen LogP contribution in [0.5, 0.6) is 5.75 Å². The van der Waals surface area contributed by atoms with E-state index in [1.54, 1.807) is 31.3 Å². The lowest BCUT2D eigenvalue weighted by Crippen LogP contribution is -2.49. The smallest absolute Gasteiger partial charge is 0.322 e. The maximum atomic E-state index is 13.0. The summed E-state index contributed by atoms with van der Waals surface area (Å²) < 4.78 is 10.7. The molecule has 0 spiro atoms. The lowest BCUT2D eigenvalue weighted by Gasteiger charge is -2.38. The van der Waals surface area contributed by atoms with Crippen LogP contribution in [0, 0.1) is 0 Å². The average Bonchev–Trinajstić information content (AvgIpc) is 3.19. The normalized spacial score (nSPS) is 14.7. The highest BCUT2D eigenvalue weighted by molar-refractivity contribution is 5.89. The van der Waals surface area contributed by atoms with Crippen LogP contribution in [0.25, 0.3) is 0 Å². The first kappa shape index (κ1) is 18.8. The molecule has 3 rings (SSSR count). The molecule has 0 radical (unpaired) electrons. The third-order valence-electron chi connectivity index (χ3n) is 4.84. The van der Waals surface area contributed by atoms with E-state index in [0.717, 1.165) is 18.6 Å². The van der Waals surface area contributed by atoms with Gasteiger partial charge in [-0.25, -0.2) is 4.79 Å². The fraction of sp³-hybridized carbons (Fsp3) is 0.400. The number of benzene rings is 1. The van der Waals surface area contributed by atoms with Crippen LogP contribution in [0.4, 0.5) is 10.5 Å². The summed E-state index contributed by atoms with van der Waals surface area (Å²) in [6.07, 6.45) is 3.09. The number of nitrogens with one attached hydrogen (secondary N) is 1. The number of piperidine rings is 1. The lowest BCUT2D eigenvalue weighted by atomic mass is 10.0. The molecule has 7 heteroatoms. The van der Waals surface area contributed by atoms with Gasteiger partial charge in [-0.3, -0.25) is 4.79 Å². The average molecular weight is 371 g/mol. The number of amides is 3. The number of urea groups is 1. The highest BCUT2D eigenvalue weighted by atomic mass is 16.5. The van der Waals surface area contributed by atoms with Crippen molar-refractivity contribution >= 4 is 17.6 Å². The Hall–Kier alpha value is -2.96. The summed E-state index contributed by atoms with van der Waals surface area (Å²) in [5.74, 6) is 1.48. The number of ether oxygens (including phenoxy) is 1. The van der Waals surface area contributed by atoms with E-state index in [1.165, 1.54) is 0 Å². The van der Waals surface area contributed by atoms with Crippen LogP contribution in [0.15, 0.2) is 47.1 Å². The number of rotatable bonds is 5. The van der Waals surface area contributed by atoms with Crippen molar-refractivity contribution in [1.82, 2.24) is 9.80 Å². The second-order valence-corrected chi connectivity index (χ2v) is 6.61. The van der Waals surface area contributed by atoms with E-state index in [2.05, 4.69) is 5.32 Å². The molecular weight excluding hydrogens is 346 g/mol. The molecule has 0 bridgehead atoms. The molecule has 3 amide bonds. The topological polar surface area (TPSA) is 75.0 Å². The van der Waals surface area contributed by atoms with Crippen molar-refractivity contribution in [1.29, 1.82) is 0 Å². The number of carbonyl (C=O) groups is 2. The summed E-state index contributed by atoms with van der Waals surface area (Å²) in [5, 5.41) is 2.95. The van der Waals surface area contributed by atoms with Crippen LogP contribution in [0.1, 0.15) is 25.5 Å². The number of hydrogen-bond acceptors (Lipinski definition) is 4. The van der Waals surface area contributed by atoms with Gasteiger partial charge in [0.2, 0.25) is 5.91 Å². The molecule has 144 valence electrons. The van der Waals surface area contributed by atoms with Crippen molar-refractivity contribution < 1.29 is 18.7 Å². The summed E-state index contributed by atoms with van der Waals surface area (Å²) in [7, 11) is 1.59. The van der Waals surface area contributed by atoms with Crippen LogP contribution in [-0.2, 0) is 11.3 Å². The Kier molecular flexibility index (Phi) is 6.01. The van der Waals surface area contributed by atoms with Crippen LogP contribution >= 0.6 is 0 Å². The minimum atomic E-state index is -0.194. The molecule has 1 saturated heterocycles. The zero-order chi connectivity index (χ0) is 19.2. The first-order valence-electron chi connectivity index (χ1n) is 9.06. The Bertz CT molecular complexity index is 767. The van der Waals surface area contributed by atoms with E-state index in [4.69, 9.17) is 9.15 Å². The Morgan fingerprint density at radius 2 is 2.04 bits per heavy atom. The van der Waals surface area contributed by atoms with E-state index in [9.17, 15) is 9.59 Å². The van der Waals surface area contributed by atoms with Gasteiger partial charge in [-0.2, -0.15) is 0 Å². The third-order valence-corrected chi connectivity index (χ3v) is 4.84. The van der Waals surface area contributed by atoms with Crippen LogP contribution < -0.4 is 10.1 Å². The zero-order valence-corrected chi connectivity index (χ0v) is 15.7. The second kappa shape index (κ2) is 8.62. The van der Waals surface area contributed by atoms with Crippen molar-refractivity contribution in [2.45, 2.75) is 32.4 Å². The minimum Gasteiger partial charge on any atom is -0.497 e. The number of carbonyl (C=O) groups excluding carboxylic acids is 2. The van der Waals surface area contributed by atoms with Gasteiger partial charge in [0.15, 0.2) is 0 Å². The molecule has 1 aliphatic heterocycles. The van der Waals surface area contributed by atoms with Crippen molar-refractivity contribution in [3.05, 3.63) is 48.4 Å². The Morgan fingerprint density at radius 1 is 1.26 bits per heavy atom. The van der Waals surface area contributed by atoms with Crippen LogP contribution in [-0.4, -0.2) is 48.0 Å². The van der Waals surface area contributed by atoms with Crippen molar-refractivity contribution in [2.24, 2.45) is 0 Å². The van der Waals surface area contributed by atoms with Gasteiger partial charge in [0.05, 0.1) is 19.9 Å². The van der Waals surface area contributed by atoms with Gasteiger partial charge < -0.3 is 24.3 Å². The molecule has 1 aromatic carbocycles. The lowest BCUT2D eigenvalue weighted by molar-refractivity contribution is -0.130. The standard InChI is InChI=1S/C20H25N3O4/c1-15(24)22-10-8-17(9-11-22)23(14-19-7-4-12-27-19)20(25)21-16-5-3-6-18(13-16)26-2/h3-7,12-13,17H,8-11,14H2,1-2H3,(H,21,25). The number of hydrogen-bond donors (Lipinski definition) is 1. The van der Waals surface area contributed by atoms with Crippen LogP contribution in [0.2, 0.25) is 0 Å². The van der Waals surface area contributed by atoms with Gasteiger partial charge in [0.25, 0.3) is 0 Å². The molecule has 0 saturated carbocycles. The van der Waals surface area contributed by atoms with E-state index >= 15 is 0 Å². The Balaban J connectivity index is 1.73. The Labute approximate surface area is 158 Å². The number of methoxy groups -OCH3 is 1. The zero-order valence-electron chi connectivity index (χ0n) is 15.7. The molecule has 0 unspecified atom stereocenters. The highest BCUT2D eigenvalue weighted by Gasteiger charge is 2.29. The van der Waals surface area contributed by atoms with E-state index < -0.39 is 0 Å². The predicted molar refractivity (Wildman–Crippen MR) is 102 cm³/mol. The maximum absolute atomic E-state index is 13.0. The first-order valence-corrected chi connectivity index (χ1v) is 9.06. The molecule has 27 heavy (non-hydrogen) atoms. The maximum Gasteiger partial charge on any atom is 0.322 e. The van der Waals surface area contributed by atoms with Gasteiger partial charge >= 0.3 is 6.03 Å². The quantitative estimate of drug-likeness (QED) is 0.875. The SMILES string of the molecule is COc1cccc(NC(=O)N(Cc2ccco2)C2CCN(C(C)=O)CC2)c1. The minimum absolute atomic E-state index is 0.0382. The van der Waals surface area contributed by atoms with Crippen molar-refractivity contribution in [3.63, 3.8) is 0 Å². The van der Waals surface area contributed by atoms with Gasteiger partial charge in [-0.15, -0.1) is 0 Å². The molecule has 1 N–H and O–H groups in total. The van der Waals surface area contributed by atoms with Crippen molar-refractivity contribution in [3.8, 4) is 5.75 Å². The largest absolute Gasteiger partial charge is 0.497 e. The predicted octanol–water partition coefficient (Wildman–Crippen LogP) is 3.33. The molecule has 7 nitrogen and oxygen atoms in total.